The number of carbonyl (C=O) groups excluding carboxylic acids is 1. The maximum Gasteiger partial charge on any atom is 0.289 e. The van der Waals surface area contributed by atoms with Gasteiger partial charge >= 0.3 is 0 Å². The lowest BCUT2D eigenvalue weighted by Gasteiger charge is -2.39. The predicted molar refractivity (Wildman–Crippen MR) is 73.1 cm³/mol. The lowest BCUT2D eigenvalue weighted by molar-refractivity contribution is 0.0899. The molecule has 0 spiro atoms. The fourth-order valence-electron chi connectivity index (χ4n) is 2.64. The number of amides is 1. The molecule has 1 aliphatic heterocycles. The van der Waals surface area contributed by atoms with Gasteiger partial charge in [-0.15, -0.1) is 0 Å². The van der Waals surface area contributed by atoms with E-state index in [0.29, 0.717) is 29.9 Å². The van der Waals surface area contributed by atoms with Gasteiger partial charge in [0.15, 0.2) is 5.89 Å². The van der Waals surface area contributed by atoms with Gasteiger partial charge in [0.2, 0.25) is 5.76 Å². The number of hydrogen-bond acceptors (Lipinski definition) is 4. The minimum atomic E-state index is -0.179. The molecule has 1 unspecified atom stereocenters. The van der Waals surface area contributed by atoms with Gasteiger partial charge in [-0.1, -0.05) is 13.8 Å². The largest absolute Gasteiger partial charge is 0.436 e. The molecule has 0 radical (unpaired) electrons. The van der Waals surface area contributed by atoms with Crippen molar-refractivity contribution in [1.29, 1.82) is 0 Å². The summed E-state index contributed by atoms with van der Waals surface area (Å²) >= 11 is 0. The zero-order chi connectivity index (χ0) is 14.0. The molecule has 5 nitrogen and oxygen atoms in total. The summed E-state index contributed by atoms with van der Waals surface area (Å²) in [5.41, 5.74) is 0.851. The quantitative estimate of drug-likeness (QED) is 0.874. The summed E-state index contributed by atoms with van der Waals surface area (Å²) in [7, 11) is 0. The standard InChI is InChI=1S/C14H23N3O2/c1-9-12(19-10(2)17-9)13(18)16-8-11-14(3,4)6-5-7-15-11/h11,15H,5-8H2,1-4H3,(H,16,18). The SMILES string of the molecule is Cc1nc(C)c(C(=O)NCC2NCCCC2(C)C)o1. The van der Waals surface area contributed by atoms with Crippen LogP contribution in [0.15, 0.2) is 4.42 Å². The van der Waals surface area contributed by atoms with Crippen molar-refractivity contribution in [3.05, 3.63) is 17.3 Å². The summed E-state index contributed by atoms with van der Waals surface area (Å²) in [4.78, 5) is 16.2. The van der Waals surface area contributed by atoms with Crippen LogP contribution in [-0.2, 0) is 0 Å². The Morgan fingerprint density at radius 2 is 2.26 bits per heavy atom. The fraction of sp³-hybridized carbons (Fsp3) is 0.714. The molecule has 0 aliphatic carbocycles. The van der Waals surface area contributed by atoms with Crippen molar-refractivity contribution in [3.63, 3.8) is 0 Å². The molecule has 1 amide bonds. The van der Waals surface area contributed by atoms with Crippen molar-refractivity contribution in [2.45, 2.75) is 46.6 Å². The van der Waals surface area contributed by atoms with Crippen LogP contribution in [0.1, 0.15) is 48.8 Å². The van der Waals surface area contributed by atoms with Gasteiger partial charge in [0.1, 0.15) is 0 Å². The van der Waals surface area contributed by atoms with Crippen molar-refractivity contribution in [3.8, 4) is 0 Å². The smallest absolute Gasteiger partial charge is 0.289 e. The molecule has 2 heterocycles. The molecule has 106 valence electrons. The Hall–Kier alpha value is -1.36. The number of rotatable bonds is 3. The monoisotopic (exact) mass is 265 g/mol. The Morgan fingerprint density at radius 3 is 2.84 bits per heavy atom. The molecule has 1 aromatic rings. The Bertz CT molecular complexity index is 465. The number of nitrogens with zero attached hydrogens (tertiary/aromatic N) is 1. The zero-order valence-electron chi connectivity index (χ0n) is 12.2. The molecule has 1 fully saturated rings. The summed E-state index contributed by atoms with van der Waals surface area (Å²) < 4.78 is 5.32. The van der Waals surface area contributed by atoms with Crippen molar-refractivity contribution in [2.24, 2.45) is 5.41 Å². The summed E-state index contributed by atoms with van der Waals surface area (Å²) in [6.45, 7) is 9.64. The van der Waals surface area contributed by atoms with Crippen LogP contribution in [0.25, 0.3) is 0 Å². The van der Waals surface area contributed by atoms with E-state index in [1.807, 2.05) is 0 Å². The van der Waals surface area contributed by atoms with Crippen LogP contribution in [-0.4, -0.2) is 30.0 Å². The second kappa shape index (κ2) is 5.33. The van der Waals surface area contributed by atoms with Gasteiger partial charge < -0.3 is 15.1 Å². The first-order valence-electron chi connectivity index (χ1n) is 6.86. The molecule has 1 aliphatic rings. The van der Waals surface area contributed by atoms with E-state index in [1.54, 1.807) is 13.8 Å². The highest BCUT2D eigenvalue weighted by Crippen LogP contribution is 2.29. The molecule has 2 N–H and O–H groups in total. The van der Waals surface area contributed by atoms with Gasteiger partial charge in [0.25, 0.3) is 5.91 Å². The molecule has 5 heteroatoms. The van der Waals surface area contributed by atoms with Crippen molar-refractivity contribution >= 4 is 5.91 Å². The molecule has 0 aromatic carbocycles. The highest BCUT2D eigenvalue weighted by Gasteiger charge is 2.32. The summed E-state index contributed by atoms with van der Waals surface area (Å²) in [5.74, 6) is 0.672. The highest BCUT2D eigenvalue weighted by molar-refractivity contribution is 5.92. The number of oxazole rings is 1. The van der Waals surface area contributed by atoms with Crippen LogP contribution in [0, 0.1) is 19.3 Å². The number of aryl methyl sites for hydroxylation is 2. The summed E-state index contributed by atoms with van der Waals surface area (Å²) in [6, 6.07) is 0.300. The second-order valence-corrected chi connectivity index (χ2v) is 5.96. The summed E-state index contributed by atoms with van der Waals surface area (Å²) in [5, 5.41) is 6.42. The van der Waals surface area contributed by atoms with Crippen molar-refractivity contribution < 1.29 is 9.21 Å². The van der Waals surface area contributed by atoms with Crippen LogP contribution >= 0.6 is 0 Å². The maximum absolute atomic E-state index is 12.1. The lowest BCUT2D eigenvalue weighted by Crippen LogP contribution is -2.52. The van der Waals surface area contributed by atoms with Crippen LogP contribution in [0.5, 0.6) is 0 Å². The minimum Gasteiger partial charge on any atom is -0.436 e. The van der Waals surface area contributed by atoms with Crippen molar-refractivity contribution in [1.82, 2.24) is 15.6 Å². The fourth-order valence-corrected chi connectivity index (χ4v) is 2.64. The first-order valence-corrected chi connectivity index (χ1v) is 6.86. The Kier molecular flexibility index (Phi) is 3.94. The molecule has 1 atom stereocenters. The Labute approximate surface area is 114 Å². The summed E-state index contributed by atoms with van der Waals surface area (Å²) in [6.07, 6.45) is 2.37. The van der Waals surface area contributed by atoms with Crippen molar-refractivity contribution in [2.75, 3.05) is 13.1 Å². The van der Waals surface area contributed by atoms with Crippen LogP contribution in [0.4, 0.5) is 0 Å². The van der Waals surface area contributed by atoms with E-state index < -0.39 is 0 Å². The van der Waals surface area contributed by atoms with Gasteiger partial charge in [-0.05, 0) is 31.7 Å². The van der Waals surface area contributed by atoms with E-state index in [1.165, 1.54) is 12.8 Å². The third-order valence-corrected chi connectivity index (χ3v) is 3.91. The topological polar surface area (TPSA) is 67.2 Å². The maximum atomic E-state index is 12.1. The molecule has 0 saturated carbocycles. The predicted octanol–water partition coefficient (Wildman–Crippen LogP) is 1.80. The number of nitrogens with one attached hydrogen (secondary N) is 2. The lowest BCUT2D eigenvalue weighted by atomic mass is 9.77. The average Bonchev–Trinajstić information content (AvgIpc) is 2.66. The zero-order valence-corrected chi connectivity index (χ0v) is 12.2. The number of aromatic nitrogens is 1. The molecule has 1 saturated heterocycles. The Balaban J connectivity index is 1.95. The molecule has 2 rings (SSSR count). The highest BCUT2D eigenvalue weighted by atomic mass is 16.4. The number of piperidine rings is 1. The van der Waals surface area contributed by atoms with Gasteiger partial charge in [-0.3, -0.25) is 4.79 Å². The van der Waals surface area contributed by atoms with Gasteiger partial charge in [-0.25, -0.2) is 4.98 Å². The first-order chi connectivity index (χ1) is 8.90. The second-order valence-electron chi connectivity index (χ2n) is 5.96. The molecule has 1 aromatic heterocycles. The molecule has 0 bridgehead atoms. The number of carbonyl (C=O) groups is 1. The molecule has 19 heavy (non-hydrogen) atoms. The van der Waals surface area contributed by atoms with E-state index in [4.69, 9.17) is 4.42 Å². The minimum absolute atomic E-state index is 0.179. The van der Waals surface area contributed by atoms with E-state index in [9.17, 15) is 4.79 Å². The van der Waals surface area contributed by atoms with Gasteiger partial charge in [0, 0.05) is 19.5 Å². The van der Waals surface area contributed by atoms with E-state index in [2.05, 4.69) is 29.5 Å². The molecular weight excluding hydrogens is 242 g/mol. The van der Waals surface area contributed by atoms with E-state index >= 15 is 0 Å². The third-order valence-electron chi connectivity index (χ3n) is 3.91. The van der Waals surface area contributed by atoms with Gasteiger partial charge in [-0.2, -0.15) is 0 Å². The Morgan fingerprint density at radius 1 is 1.53 bits per heavy atom. The number of hydrogen-bond donors (Lipinski definition) is 2. The van der Waals surface area contributed by atoms with Gasteiger partial charge in [0.05, 0.1) is 5.69 Å². The third kappa shape index (κ3) is 3.15. The van der Waals surface area contributed by atoms with Crippen LogP contribution < -0.4 is 10.6 Å². The molecular formula is C14H23N3O2. The van der Waals surface area contributed by atoms with E-state index in [0.717, 1.165) is 6.54 Å². The van der Waals surface area contributed by atoms with Crippen LogP contribution in [0.3, 0.4) is 0 Å². The first kappa shape index (κ1) is 14.1. The van der Waals surface area contributed by atoms with Crippen LogP contribution in [0.2, 0.25) is 0 Å². The normalized spacial score (nSPS) is 22.2. The average molecular weight is 265 g/mol. The van der Waals surface area contributed by atoms with E-state index in [-0.39, 0.29) is 11.3 Å².